The van der Waals surface area contributed by atoms with Crippen LogP contribution in [0.4, 0.5) is 0 Å². The number of aliphatic hydroxyl groups is 1. The molecular weight excluding hydrogens is 286 g/mol. The number of rotatable bonds is 5. The van der Waals surface area contributed by atoms with Crippen LogP contribution in [-0.2, 0) is 11.3 Å². The predicted octanol–water partition coefficient (Wildman–Crippen LogP) is 2.97. The van der Waals surface area contributed by atoms with Crippen LogP contribution in [0.3, 0.4) is 0 Å². The smallest absolute Gasteiger partial charge is 0.237 e. The Kier molecular flexibility index (Phi) is 5.37. The van der Waals surface area contributed by atoms with Crippen LogP contribution in [0.25, 0.3) is 0 Å². The molecule has 1 unspecified atom stereocenters. The Balaban J connectivity index is 2.27. The molecule has 1 atom stereocenters. The minimum absolute atomic E-state index is 0.0418. The fourth-order valence-electron chi connectivity index (χ4n) is 2.21. The van der Waals surface area contributed by atoms with Crippen molar-refractivity contribution in [3.63, 3.8) is 0 Å². The first-order valence-corrected chi connectivity index (χ1v) is 7.27. The highest BCUT2D eigenvalue weighted by atomic mass is 35.5. The van der Waals surface area contributed by atoms with Crippen LogP contribution in [-0.4, -0.2) is 28.8 Å². The second-order valence-corrected chi connectivity index (χ2v) is 5.16. The number of carbonyl (C=O) groups excluding carboxylic acids is 1. The normalized spacial score (nSPS) is 12.0. The summed E-state index contributed by atoms with van der Waals surface area (Å²) in [5.41, 5.74) is 2.55. The van der Waals surface area contributed by atoms with E-state index in [1.807, 2.05) is 54.6 Å². The van der Waals surface area contributed by atoms with Gasteiger partial charge in [-0.05, 0) is 16.7 Å². The van der Waals surface area contributed by atoms with Crippen molar-refractivity contribution < 1.29 is 9.90 Å². The fourth-order valence-corrected chi connectivity index (χ4v) is 2.41. The van der Waals surface area contributed by atoms with E-state index in [1.54, 1.807) is 11.9 Å². The third-order valence-electron chi connectivity index (χ3n) is 3.41. The van der Waals surface area contributed by atoms with Gasteiger partial charge in [-0.1, -0.05) is 54.6 Å². The lowest BCUT2D eigenvalue weighted by Crippen LogP contribution is -2.27. The molecule has 110 valence electrons. The largest absolute Gasteiger partial charge is 0.384 e. The standard InChI is InChI=1S/C17H18ClNO2/c1-19(16(20)11-18)12-14-9-5-6-10-15(14)17(21)13-7-3-2-4-8-13/h2-10,17,21H,11-12H2,1H3. The van der Waals surface area contributed by atoms with Crippen molar-refractivity contribution in [2.75, 3.05) is 12.9 Å². The van der Waals surface area contributed by atoms with Crippen molar-refractivity contribution in [2.24, 2.45) is 0 Å². The number of hydrogen-bond acceptors (Lipinski definition) is 2. The first kappa shape index (κ1) is 15.5. The van der Waals surface area contributed by atoms with Gasteiger partial charge in [0.25, 0.3) is 0 Å². The molecule has 2 aromatic rings. The van der Waals surface area contributed by atoms with Crippen LogP contribution in [0.15, 0.2) is 54.6 Å². The maximum absolute atomic E-state index is 11.6. The Hall–Kier alpha value is -1.84. The first-order valence-electron chi connectivity index (χ1n) is 6.74. The molecular formula is C17H18ClNO2. The van der Waals surface area contributed by atoms with Gasteiger partial charge in [-0.2, -0.15) is 0 Å². The Morgan fingerprint density at radius 3 is 2.43 bits per heavy atom. The number of alkyl halides is 1. The number of hydrogen-bond donors (Lipinski definition) is 1. The van der Waals surface area contributed by atoms with Gasteiger partial charge in [0.15, 0.2) is 0 Å². The molecule has 2 aromatic carbocycles. The molecule has 3 nitrogen and oxygen atoms in total. The van der Waals surface area contributed by atoms with Crippen LogP contribution in [0.1, 0.15) is 22.8 Å². The van der Waals surface area contributed by atoms with E-state index < -0.39 is 6.10 Å². The number of nitrogens with zero attached hydrogens (tertiary/aromatic N) is 1. The first-order chi connectivity index (χ1) is 10.1. The maximum Gasteiger partial charge on any atom is 0.237 e. The topological polar surface area (TPSA) is 40.5 Å². The van der Waals surface area contributed by atoms with Crippen molar-refractivity contribution >= 4 is 17.5 Å². The highest BCUT2D eigenvalue weighted by Crippen LogP contribution is 2.25. The SMILES string of the molecule is CN(Cc1ccccc1C(O)c1ccccc1)C(=O)CCl. The van der Waals surface area contributed by atoms with Crippen LogP contribution < -0.4 is 0 Å². The summed E-state index contributed by atoms with van der Waals surface area (Å²) in [7, 11) is 1.70. The van der Waals surface area contributed by atoms with Gasteiger partial charge in [-0.25, -0.2) is 0 Å². The molecule has 0 heterocycles. The van der Waals surface area contributed by atoms with Gasteiger partial charge in [0.2, 0.25) is 5.91 Å². The van der Waals surface area contributed by atoms with Crippen molar-refractivity contribution in [2.45, 2.75) is 12.6 Å². The van der Waals surface area contributed by atoms with Gasteiger partial charge in [0.1, 0.15) is 12.0 Å². The maximum atomic E-state index is 11.6. The molecule has 21 heavy (non-hydrogen) atoms. The lowest BCUT2D eigenvalue weighted by Gasteiger charge is -2.21. The molecule has 0 aliphatic heterocycles. The van der Waals surface area contributed by atoms with Crippen LogP contribution in [0.5, 0.6) is 0 Å². The van der Waals surface area contributed by atoms with Gasteiger partial charge in [-0.15, -0.1) is 11.6 Å². The Labute approximate surface area is 129 Å². The molecule has 4 heteroatoms. The van der Waals surface area contributed by atoms with Crippen molar-refractivity contribution in [3.05, 3.63) is 71.3 Å². The van der Waals surface area contributed by atoms with E-state index in [0.717, 1.165) is 16.7 Å². The van der Waals surface area contributed by atoms with E-state index in [2.05, 4.69) is 0 Å². The zero-order valence-electron chi connectivity index (χ0n) is 11.9. The number of benzene rings is 2. The summed E-state index contributed by atoms with van der Waals surface area (Å²) in [5.74, 6) is -0.180. The lowest BCUT2D eigenvalue weighted by atomic mass is 9.96. The lowest BCUT2D eigenvalue weighted by molar-refractivity contribution is -0.127. The minimum Gasteiger partial charge on any atom is -0.384 e. The zero-order chi connectivity index (χ0) is 15.2. The summed E-state index contributed by atoms with van der Waals surface area (Å²) in [5, 5.41) is 10.6. The molecule has 0 bridgehead atoms. The van der Waals surface area contributed by atoms with E-state index in [4.69, 9.17) is 11.6 Å². The summed E-state index contributed by atoms with van der Waals surface area (Å²) in [6.07, 6.45) is -0.707. The molecule has 1 N–H and O–H groups in total. The summed E-state index contributed by atoms with van der Waals surface area (Å²) < 4.78 is 0. The Morgan fingerprint density at radius 2 is 1.76 bits per heavy atom. The van der Waals surface area contributed by atoms with Crippen molar-refractivity contribution in [3.8, 4) is 0 Å². The molecule has 0 aliphatic rings. The highest BCUT2D eigenvalue weighted by molar-refractivity contribution is 6.27. The van der Waals surface area contributed by atoms with Gasteiger partial charge < -0.3 is 10.0 Å². The van der Waals surface area contributed by atoms with Crippen molar-refractivity contribution in [1.82, 2.24) is 4.90 Å². The van der Waals surface area contributed by atoms with E-state index in [-0.39, 0.29) is 11.8 Å². The van der Waals surface area contributed by atoms with Gasteiger partial charge in [-0.3, -0.25) is 4.79 Å². The van der Waals surface area contributed by atoms with E-state index in [1.165, 1.54) is 0 Å². The number of amides is 1. The summed E-state index contributed by atoms with van der Waals surface area (Å²) >= 11 is 5.57. The molecule has 0 aliphatic carbocycles. The zero-order valence-corrected chi connectivity index (χ0v) is 12.6. The minimum atomic E-state index is -0.707. The van der Waals surface area contributed by atoms with Crippen LogP contribution >= 0.6 is 11.6 Å². The average Bonchev–Trinajstić information content (AvgIpc) is 2.54. The second kappa shape index (κ2) is 7.25. The number of carbonyl (C=O) groups is 1. The molecule has 0 saturated heterocycles. The third-order valence-corrected chi connectivity index (χ3v) is 3.64. The molecule has 0 radical (unpaired) electrons. The van der Waals surface area contributed by atoms with E-state index >= 15 is 0 Å². The quantitative estimate of drug-likeness (QED) is 0.863. The summed E-state index contributed by atoms with van der Waals surface area (Å²) in [6.45, 7) is 0.422. The number of halogens is 1. The molecule has 1 amide bonds. The summed E-state index contributed by atoms with van der Waals surface area (Å²) in [4.78, 5) is 13.2. The fraction of sp³-hybridized carbons (Fsp3) is 0.235. The molecule has 0 fully saturated rings. The van der Waals surface area contributed by atoms with E-state index in [0.29, 0.717) is 6.54 Å². The third kappa shape index (κ3) is 3.84. The predicted molar refractivity (Wildman–Crippen MR) is 84.1 cm³/mol. The van der Waals surface area contributed by atoms with Gasteiger partial charge in [0, 0.05) is 13.6 Å². The Bertz CT molecular complexity index is 601. The van der Waals surface area contributed by atoms with Crippen LogP contribution in [0, 0.1) is 0 Å². The average molecular weight is 304 g/mol. The highest BCUT2D eigenvalue weighted by Gasteiger charge is 2.16. The second-order valence-electron chi connectivity index (χ2n) is 4.90. The number of aliphatic hydroxyl groups excluding tert-OH is 1. The molecule has 2 rings (SSSR count). The van der Waals surface area contributed by atoms with E-state index in [9.17, 15) is 9.90 Å². The molecule has 0 saturated carbocycles. The Morgan fingerprint density at radius 1 is 1.14 bits per heavy atom. The van der Waals surface area contributed by atoms with Crippen LogP contribution in [0.2, 0.25) is 0 Å². The van der Waals surface area contributed by atoms with Gasteiger partial charge in [0.05, 0.1) is 0 Å². The van der Waals surface area contributed by atoms with Crippen molar-refractivity contribution in [1.29, 1.82) is 0 Å². The van der Waals surface area contributed by atoms with Gasteiger partial charge >= 0.3 is 0 Å². The molecule has 0 aromatic heterocycles. The monoisotopic (exact) mass is 303 g/mol. The summed E-state index contributed by atoms with van der Waals surface area (Å²) in [6, 6.07) is 17.0. The molecule has 0 spiro atoms.